The number of benzene rings is 1. The first kappa shape index (κ1) is 13.2. The molecule has 4 heteroatoms. The molecule has 0 saturated heterocycles. The van der Waals surface area contributed by atoms with Gasteiger partial charge in [-0.25, -0.2) is 0 Å². The summed E-state index contributed by atoms with van der Waals surface area (Å²) >= 11 is 0. The van der Waals surface area contributed by atoms with E-state index in [1.165, 1.54) is 0 Å². The first-order chi connectivity index (χ1) is 9.28. The van der Waals surface area contributed by atoms with Gasteiger partial charge in [-0.05, 0) is 22.8 Å². The topological polar surface area (TPSA) is 62.2 Å². The maximum Gasteiger partial charge on any atom is 0.224 e. The van der Waals surface area contributed by atoms with Crippen molar-refractivity contribution in [1.82, 2.24) is 10.3 Å². The van der Waals surface area contributed by atoms with Crippen LogP contribution in [0.25, 0.3) is 0 Å². The van der Waals surface area contributed by atoms with Crippen molar-refractivity contribution in [3.05, 3.63) is 65.5 Å². The van der Waals surface area contributed by atoms with Gasteiger partial charge in [-0.1, -0.05) is 30.3 Å². The second-order valence-electron chi connectivity index (χ2n) is 4.29. The third-order valence-electron chi connectivity index (χ3n) is 2.78. The quantitative estimate of drug-likeness (QED) is 0.850. The fourth-order valence-corrected chi connectivity index (χ4v) is 1.71. The number of carbonyl (C=O) groups excluding carboxylic acids is 1. The molecule has 0 aliphatic carbocycles. The lowest BCUT2D eigenvalue weighted by Crippen LogP contribution is -2.24. The molecule has 98 valence electrons. The Bertz CT molecular complexity index is 524. The third kappa shape index (κ3) is 4.19. The van der Waals surface area contributed by atoms with Crippen molar-refractivity contribution in [2.24, 2.45) is 0 Å². The van der Waals surface area contributed by atoms with Gasteiger partial charge in [-0.15, -0.1) is 0 Å². The molecule has 2 rings (SSSR count). The van der Waals surface area contributed by atoms with Crippen molar-refractivity contribution in [3.8, 4) is 0 Å². The normalized spacial score (nSPS) is 10.2. The van der Waals surface area contributed by atoms with Crippen molar-refractivity contribution in [2.45, 2.75) is 19.6 Å². The van der Waals surface area contributed by atoms with E-state index >= 15 is 0 Å². The van der Waals surface area contributed by atoms with E-state index in [9.17, 15) is 4.79 Å². The standard InChI is InChI=1S/C15H16N2O2/c18-11-13-5-3-12(4-6-13)10-17-15(19)8-14-2-1-7-16-9-14/h1-7,9,18H,8,10-11H2,(H,17,19). The van der Waals surface area contributed by atoms with Crippen molar-refractivity contribution < 1.29 is 9.90 Å². The van der Waals surface area contributed by atoms with Crippen molar-refractivity contribution in [1.29, 1.82) is 0 Å². The van der Waals surface area contributed by atoms with Crippen LogP contribution in [-0.2, 0) is 24.4 Å². The zero-order chi connectivity index (χ0) is 13.5. The summed E-state index contributed by atoms with van der Waals surface area (Å²) in [6, 6.07) is 11.2. The zero-order valence-corrected chi connectivity index (χ0v) is 10.5. The summed E-state index contributed by atoms with van der Waals surface area (Å²) in [5, 5.41) is 11.8. The highest BCUT2D eigenvalue weighted by molar-refractivity contribution is 5.78. The molecule has 0 aliphatic heterocycles. The van der Waals surface area contributed by atoms with Gasteiger partial charge in [0.1, 0.15) is 0 Å². The van der Waals surface area contributed by atoms with Crippen LogP contribution in [0.2, 0.25) is 0 Å². The van der Waals surface area contributed by atoms with Crippen molar-refractivity contribution >= 4 is 5.91 Å². The number of aliphatic hydroxyl groups is 1. The van der Waals surface area contributed by atoms with Gasteiger partial charge >= 0.3 is 0 Å². The van der Waals surface area contributed by atoms with Crippen LogP contribution in [-0.4, -0.2) is 16.0 Å². The Labute approximate surface area is 112 Å². The van der Waals surface area contributed by atoms with E-state index in [2.05, 4.69) is 10.3 Å². The van der Waals surface area contributed by atoms with E-state index in [4.69, 9.17) is 5.11 Å². The van der Waals surface area contributed by atoms with Gasteiger partial charge in [-0.2, -0.15) is 0 Å². The lowest BCUT2D eigenvalue weighted by molar-refractivity contribution is -0.120. The van der Waals surface area contributed by atoms with E-state index < -0.39 is 0 Å². The molecule has 1 amide bonds. The molecule has 1 aromatic carbocycles. The number of rotatable bonds is 5. The molecular weight excluding hydrogens is 240 g/mol. The third-order valence-corrected chi connectivity index (χ3v) is 2.78. The molecule has 0 unspecified atom stereocenters. The fourth-order valence-electron chi connectivity index (χ4n) is 1.71. The molecular formula is C15H16N2O2. The molecule has 1 aromatic heterocycles. The summed E-state index contributed by atoms with van der Waals surface area (Å²) in [6.45, 7) is 0.526. The van der Waals surface area contributed by atoms with Crippen LogP contribution >= 0.6 is 0 Å². The smallest absolute Gasteiger partial charge is 0.224 e. The summed E-state index contributed by atoms with van der Waals surface area (Å²) < 4.78 is 0. The largest absolute Gasteiger partial charge is 0.392 e. The summed E-state index contributed by atoms with van der Waals surface area (Å²) in [6.07, 6.45) is 3.71. The van der Waals surface area contributed by atoms with Gasteiger partial charge in [0.25, 0.3) is 0 Å². The summed E-state index contributed by atoms with van der Waals surface area (Å²) in [5.41, 5.74) is 2.78. The van der Waals surface area contributed by atoms with Gasteiger partial charge in [0, 0.05) is 18.9 Å². The van der Waals surface area contributed by atoms with Gasteiger partial charge in [0.05, 0.1) is 13.0 Å². The minimum Gasteiger partial charge on any atom is -0.392 e. The van der Waals surface area contributed by atoms with Crippen LogP contribution in [0.3, 0.4) is 0 Å². The van der Waals surface area contributed by atoms with Crippen LogP contribution in [0, 0.1) is 0 Å². The zero-order valence-electron chi connectivity index (χ0n) is 10.5. The Morgan fingerprint density at radius 2 is 1.84 bits per heavy atom. The van der Waals surface area contributed by atoms with Crippen LogP contribution in [0.5, 0.6) is 0 Å². The van der Waals surface area contributed by atoms with Gasteiger partial charge in [0.2, 0.25) is 5.91 Å². The van der Waals surface area contributed by atoms with Crippen LogP contribution in [0.15, 0.2) is 48.8 Å². The summed E-state index contributed by atoms with van der Waals surface area (Å²) in [4.78, 5) is 15.7. The lowest BCUT2D eigenvalue weighted by atomic mass is 10.1. The average Bonchev–Trinajstić information content (AvgIpc) is 2.47. The molecule has 0 fully saturated rings. The lowest BCUT2D eigenvalue weighted by Gasteiger charge is -2.06. The SMILES string of the molecule is O=C(Cc1cccnc1)NCc1ccc(CO)cc1. The molecule has 4 nitrogen and oxygen atoms in total. The Morgan fingerprint density at radius 3 is 2.47 bits per heavy atom. The molecule has 0 bridgehead atoms. The van der Waals surface area contributed by atoms with E-state index in [1.807, 2.05) is 36.4 Å². The van der Waals surface area contributed by atoms with E-state index in [0.717, 1.165) is 16.7 Å². The molecule has 0 atom stereocenters. The predicted octanol–water partition coefficient (Wildman–Crippen LogP) is 1.43. The number of hydrogen-bond acceptors (Lipinski definition) is 3. The second-order valence-corrected chi connectivity index (χ2v) is 4.29. The highest BCUT2D eigenvalue weighted by Gasteiger charge is 2.03. The number of nitrogens with one attached hydrogen (secondary N) is 1. The maximum atomic E-state index is 11.7. The minimum absolute atomic E-state index is 0.0285. The number of aliphatic hydroxyl groups excluding tert-OH is 1. The van der Waals surface area contributed by atoms with Gasteiger partial charge in [-0.3, -0.25) is 9.78 Å². The average molecular weight is 256 g/mol. The first-order valence-corrected chi connectivity index (χ1v) is 6.12. The predicted molar refractivity (Wildman–Crippen MR) is 72.2 cm³/mol. The minimum atomic E-state index is -0.0285. The number of nitrogens with zero attached hydrogens (tertiary/aromatic N) is 1. The van der Waals surface area contributed by atoms with E-state index in [1.54, 1.807) is 12.4 Å². The molecule has 2 aromatic rings. The molecule has 1 heterocycles. The van der Waals surface area contributed by atoms with Crippen LogP contribution in [0.4, 0.5) is 0 Å². The molecule has 0 saturated carbocycles. The first-order valence-electron chi connectivity index (χ1n) is 6.12. The highest BCUT2D eigenvalue weighted by Crippen LogP contribution is 2.04. The number of aromatic nitrogens is 1. The maximum absolute atomic E-state index is 11.7. The number of pyridine rings is 1. The van der Waals surface area contributed by atoms with Crippen molar-refractivity contribution in [2.75, 3.05) is 0 Å². The Morgan fingerprint density at radius 1 is 1.11 bits per heavy atom. The summed E-state index contributed by atoms with van der Waals surface area (Å²) in [5.74, 6) is -0.0285. The molecule has 19 heavy (non-hydrogen) atoms. The Hall–Kier alpha value is -2.20. The molecule has 0 aliphatic rings. The number of hydrogen-bond donors (Lipinski definition) is 2. The number of carbonyl (C=O) groups is 1. The Kier molecular flexibility index (Phi) is 4.64. The van der Waals surface area contributed by atoms with Crippen molar-refractivity contribution in [3.63, 3.8) is 0 Å². The van der Waals surface area contributed by atoms with Gasteiger partial charge < -0.3 is 10.4 Å². The van der Waals surface area contributed by atoms with Crippen LogP contribution < -0.4 is 5.32 Å². The van der Waals surface area contributed by atoms with Gasteiger partial charge in [0.15, 0.2) is 0 Å². The molecule has 2 N–H and O–H groups in total. The monoisotopic (exact) mass is 256 g/mol. The summed E-state index contributed by atoms with van der Waals surface area (Å²) in [7, 11) is 0. The molecule has 0 spiro atoms. The molecule has 0 radical (unpaired) electrons. The second kappa shape index (κ2) is 6.66. The van der Waals surface area contributed by atoms with Crippen LogP contribution in [0.1, 0.15) is 16.7 Å². The highest BCUT2D eigenvalue weighted by atomic mass is 16.3. The van der Waals surface area contributed by atoms with E-state index in [-0.39, 0.29) is 12.5 Å². The van der Waals surface area contributed by atoms with E-state index in [0.29, 0.717) is 13.0 Å². The Balaban J connectivity index is 1.83. The number of amides is 1. The fraction of sp³-hybridized carbons (Fsp3) is 0.200.